The van der Waals surface area contributed by atoms with Gasteiger partial charge in [-0.05, 0) is 25.1 Å². The largest absolute Gasteiger partial charge is 0.382 e. The van der Waals surface area contributed by atoms with Crippen molar-refractivity contribution in [3.05, 3.63) is 46.2 Å². The van der Waals surface area contributed by atoms with Crippen molar-refractivity contribution < 1.29 is 13.5 Å². The lowest BCUT2D eigenvalue weighted by Gasteiger charge is -2.15. The molecule has 1 atom stereocenters. The van der Waals surface area contributed by atoms with E-state index in [0.29, 0.717) is 16.3 Å². The second-order valence-electron chi connectivity index (χ2n) is 4.69. The van der Waals surface area contributed by atoms with Gasteiger partial charge in [0.05, 0.1) is 16.3 Å². The van der Waals surface area contributed by atoms with Gasteiger partial charge < -0.3 is 5.11 Å². The molecule has 0 saturated carbocycles. The zero-order chi connectivity index (χ0) is 15.1. The lowest BCUT2D eigenvalue weighted by molar-refractivity contribution is 0.206. The van der Waals surface area contributed by atoms with Crippen LogP contribution in [0.4, 0.5) is 0 Å². The highest BCUT2D eigenvalue weighted by Crippen LogP contribution is 2.30. The highest BCUT2D eigenvalue weighted by atomic mass is 35.5. The van der Waals surface area contributed by atoms with E-state index in [4.69, 9.17) is 11.6 Å². The quantitative estimate of drug-likeness (QED) is 0.938. The smallest absolute Gasteiger partial charge is 0.175 e. The van der Waals surface area contributed by atoms with Gasteiger partial charge in [-0.25, -0.2) is 8.42 Å². The molecular weight excluding hydrogens is 300 g/mol. The van der Waals surface area contributed by atoms with Gasteiger partial charge in [-0.15, -0.1) is 0 Å². The Morgan fingerprint density at radius 2 is 2.00 bits per heavy atom. The first-order valence-electron chi connectivity index (χ1n) is 5.88. The Bertz CT molecular complexity index is 753. The highest BCUT2D eigenvalue weighted by Gasteiger charge is 2.23. The van der Waals surface area contributed by atoms with E-state index < -0.39 is 15.9 Å². The average Bonchev–Trinajstić information content (AvgIpc) is 2.66. The Morgan fingerprint density at radius 1 is 1.35 bits per heavy atom. The number of aliphatic hydroxyl groups excluding tert-OH is 1. The Kier molecular flexibility index (Phi) is 3.90. The first kappa shape index (κ1) is 15.0. The van der Waals surface area contributed by atoms with Gasteiger partial charge in [-0.1, -0.05) is 17.7 Å². The molecule has 0 saturated heterocycles. The van der Waals surface area contributed by atoms with Crippen LogP contribution in [0.5, 0.6) is 0 Å². The van der Waals surface area contributed by atoms with E-state index in [0.717, 1.165) is 11.9 Å². The third-order valence-electron chi connectivity index (χ3n) is 2.99. The van der Waals surface area contributed by atoms with E-state index >= 15 is 0 Å². The molecule has 1 N–H and O–H groups in total. The zero-order valence-electron chi connectivity index (χ0n) is 11.3. The monoisotopic (exact) mass is 314 g/mol. The van der Waals surface area contributed by atoms with Gasteiger partial charge in [0.1, 0.15) is 6.10 Å². The first-order valence-corrected chi connectivity index (χ1v) is 8.15. The molecule has 7 heteroatoms. The maximum Gasteiger partial charge on any atom is 0.175 e. The van der Waals surface area contributed by atoms with Gasteiger partial charge in [-0.2, -0.15) is 5.10 Å². The number of aryl methyl sites for hydroxylation is 2. The fraction of sp³-hybridized carbons (Fsp3) is 0.308. The van der Waals surface area contributed by atoms with Crippen molar-refractivity contribution in [1.29, 1.82) is 0 Å². The van der Waals surface area contributed by atoms with Crippen LogP contribution in [0.15, 0.2) is 29.2 Å². The number of aliphatic hydroxyl groups is 1. The summed E-state index contributed by atoms with van der Waals surface area (Å²) in [6.07, 6.45) is 0.00630. The molecule has 1 aromatic carbocycles. The van der Waals surface area contributed by atoms with Crippen LogP contribution < -0.4 is 0 Å². The van der Waals surface area contributed by atoms with Crippen molar-refractivity contribution in [2.75, 3.05) is 6.26 Å². The molecule has 20 heavy (non-hydrogen) atoms. The molecule has 0 aliphatic heterocycles. The van der Waals surface area contributed by atoms with Gasteiger partial charge in [-0.3, -0.25) is 4.68 Å². The lowest BCUT2D eigenvalue weighted by Crippen LogP contribution is -2.11. The summed E-state index contributed by atoms with van der Waals surface area (Å²) >= 11 is 5.85. The van der Waals surface area contributed by atoms with Crippen LogP contribution in [-0.2, 0) is 16.9 Å². The molecule has 0 fully saturated rings. The van der Waals surface area contributed by atoms with Crippen LogP contribution in [0, 0.1) is 6.92 Å². The van der Waals surface area contributed by atoms with Crippen molar-refractivity contribution in [3.8, 4) is 0 Å². The van der Waals surface area contributed by atoms with E-state index in [2.05, 4.69) is 5.10 Å². The molecule has 1 aromatic heterocycles. The third-order valence-corrected chi connectivity index (χ3v) is 4.38. The van der Waals surface area contributed by atoms with Gasteiger partial charge in [0.2, 0.25) is 0 Å². The maximum atomic E-state index is 11.8. The van der Waals surface area contributed by atoms with Crippen molar-refractivity contribution in [2.45, 2.75) is 17.9 Å². The Labute approximate surface area is 122 Å². The number of benzene rings is 1. The van der Waals surface area contributed by atoms with Crippen LogP contribution in [-0.4, -0.2) is 29.6 Å². The second kappa shape index (κ2) is 5.20. The summed E-state index contributed by atoms with van der Waals surface area (Å²) in [5, 5.41) is 14.9. The fourth-order valence-electron chi connectivity index (χ4n) is 2.10. The average molecular weight is 315 g/mol. The summed E-state index contributed by atoms with van der Waals surface area (Å²) in [7, 11) is -1.79. The lowest BCUT2D eigenvalue weighted by atomic mass is 10.1. The van der Waals surface area contributed by atoms with Gasteiger partial charge in [0.25, 0.3) is 0 Å². The number of nitrogens with zero attached hydrogens (tertiary/aromatic N) is 2. The number of hydrogen-bond donors (Lipinski definition) is 1. The van der Waals surface area contributed by atoms with Crippen LogP contribution in [0.2, 0.25) is 5.02 Å². The Balaban J connectivity index is 2.61. The molecule has 108 valence electrons. The van der Waals surface area contributed by atoms with Crippen LogP contribution in [0.25, 0.3) is 0 Å². The number of halogens is 1. The minimum absolute atomic E-state index is 0.0244. The third kappa shape index (κ3) is 2.87. The van der Waals surface area contributed by atoms with Crippen molar-refractivity contribution in [1.82, 2.24) is 9.78 Å². The molecule has 1 heterocycles. The Hall–Kier alpha value is -1.37. The summed E-state index contributed by atoms with van der Waals surface area (Å²) in [4.78, 5) is 0.0244. The number of rotatable bonds is 3. The van der Waals surface area contributed by atoms with E-state index in [9.17, 15) is 13.5 Å². The van der Waals surface area contributed by atoms with Crippen LogP contribution in [0.1, 0.15) is 23.1 Å². The molecular formula is C13H15ClN2O3S. The predicted octanol–water partition coefficient (Wildman–Crippen LogP) is 1.87. The van der Waals surface area contributed by atoms with E-state index in [1.165, 1.54) is 16.8 Å². The zero-order valence-corrected chi connectivity index (χ0v) is 12.9. The molecule has 2 rings (SSSR count). The van der Waals surface area contributed by atoms with E-state index in [1.807, 2.05) is 0 Å². The Morgan fingerprint density at radius 3 is 2.50 bits per heavy atom. The number of hydrogen-bond acceptors (Lipinski definition) is 4. The molecule has 0 amide bonds. The molecule has 2 aromatic rings. The summed E-state index contributed by atoms with van der Waals surface area (Å²) in [6, 6.07) is 6.13. The SMILES string of the molecule is Cc1cc(C(O)c2ccc(Cl)cc2S(C)(=O)=O)n(C)n1. The second-order valence-corrected chi connectivity index (χ2v) is 7.11. The van der Waals surface area contributed by atoms with Gasteiger partial charge >= 0.3 is 0 Å². The van der Waals surface area contributed by atoms with Crippen LogP contribution >= 0.6 is 11.6 Å². The topological polar surface area (TPSA) is 72.2 Å². The molecule has 0 aliphatic carbocycles. The molecule has 5 nitrogen and oxygen atoms in total. The molecule has 0 bridgehead atoms. The fourth-order valence-corrected chi connectivity index (χ4v) is 3.29. The number of aromatic nitrogens is 2. The minimum Gasteiger partial charge on any atom is -0.382 e. The summed E-state index contributed by atoms with van der Waals surface area (Å²) in [6.45, 7) is 1.80. The maximum absolute atomic E-state index is 11.8. The summed E-state index contributed by atoms with van der Waals surface area (Å²) in [5.74, 6) is 0. The van der Waals surface area contributed by atoms with Crippen molar-refractivity contribution in [3.63, 3.8) is 0 Å². The van der Waals surface area contributed by atoms with Crippen LogP contribution in [0.3, 0.4) is 0 Å². The summed E-state index contributed by atoms with van der Waals surface area (Å²) in [5.41, 5.74) is 1.56. The van der Waals surface area contributed by atoms with Crippen molar-refractivity contribution in [2.24, 2.45) is 7.05 Å². The van der Waals surface area contributed by atoms with E-state index in [1.54, 1.807) is 26.1 Å². The highest BCUT2D eigenvalue weighted by molar-refractivity contribution is 7.90. The van der Waals surface area contributed by atoms with Gasteiger partial charge in [0, 0.05) is 23.9 Å². The molecule has 0 radical (unpaired) electrons. The van der Waals surface area contributed by atoms with Gasteiger partial charge in [0.15, 0.2) is 9.84 Å². The number of sulfone groups is 1. The molecule has 1 unspecified atom stereocenters. The predicted molar refractivity (Wildman–Crippen MR) is 76.6 cm³/mol. The normalized spacial score (nSPS) is 13.4. The van der Waals surface area contributed by atoms with E-state index in [-0.39, 0.29) is 4.90 Å². The summed E-state index contributed by atoms with van der Waals surface area (Å²) < 4.78 is 25.2. The molecule has 0 aliphatic rings. The molecule has 0 spiro atoms. The van der Waals surface area contributed by atoms with Crippen molar-refractivity contribution >= 4 is 21.4 Å². The standard InChI is InChI=1S/C13H15ClN2O3S/c1-8-6-11(16(2)15-8)13(17)10-5-4-9(14)7-12(10)20(3,18)19/h4-7,13,17H,1-3H3. The minimum atomic E-state index is -3.49. The first-order chi connectivity index (χ1) is 9.20.